The fourth-order valence-electron chi connectivity index (χ4n) is 2.90. The molecule has 0 aliphatic carbocycles. The van der Waals surface area contributed by atoms with E-state index in [2.05, 4.69) is 36.9 Å². The third kappa shape index (κ3) is 2.12. The zero-order valence-corrected chi connectivity index (χ0v) is 12.1. The highest BCUT2D eigenvalue weighted by Crippen LogP contribution is 2.28. The van der Waals surface area contributed by atoms with Gasteiger partial charge in [0.05, 0.1) is 11.1 Å². The van der Waals surface area contributed by atoms with E-state index in [0.717, 1.165) is 29.8 Å². The minimum atomic E-state index is 0.697. The number of benzene rings is 1. The lowest BCUT2D eigenvalue weighted by Gasteiger charge is -2.28. The summed E-state index contributed by atoms with van der Waals surface area (Å²) in [6.45, 7) is 6.24. The van der Waals surface area contributed by atoms with E-state index in [9.17, 15) is 5.26 Å². The van der Waals surface area contributed by atoms with Crippen molar-refractivity contribution in [1.82, 2.24) is 4.98 Å². The molecule has 20 heavy (non-hydrogen) atoms. The largest absolute Gasteiger partial charge is 0.356 e. The van der Waals surface area contributed by atoms with Crippen molar-refractivity contribution in [3.8, 4) is 6.07 Å². The highest BCUT2D eigenvalue weighted by molar-refractivity contribution is 5.86. The molecule has 2 heterocycles. The Morgan fingerprint density at radius 1 is 1.15 bits per heavy atom. The van der Waals surface area contributed by atoms with E-state index in [4.69, 9.17) is 4.98 Å². The Morgan fingerprint density at radius 2 is 1.90 bits per heavy atom. The summed E-state index contributed by atoms with van der Waals surface area (Å²) in [7, 11) is 0. The predicted molar refractivity (Wildman–Crippen MR) is 82.0 cm³/mol. The van der Waals surface area contributed by atoms with Gasteiger partial charge in [-0.2, -0.15) is 5.26 Å². The van der Waals surface area contributed by atoms with Crippen LogP contribution in [-0.2, 0) is 0 Å². The fourth-order valence-corrected chi connectivity index (χ4v) is 2.90. The van der Waals surface area contributed by atoms with E-state index in [0.29, 0.717) is 5.56 Å². The lowest BCUT2D eigenvalue weighted by molar-refractivity contribution is 0.573. The van der Waals surface area contributed by atoms with E-state index in [1.165, 1.54) is 30.4 Å². The second-order valence-electron chi connectivity index (χ2n) is 5.60. The first-order chi connectivity index (χ1) is 9.70. The number of nitrogens with zero attached hydrogens (tertiary/aromatic N) is 3. The van der Waals surface area contributed by atoms with Crippen molar-refractivity contribution in [2.75, 3.05) is 18.0 Å². The van der Waals surface area contributed by atoms with Crippen molar-refractivity contribution < 1.29 is 0 Å². The van der Waals surface area contributed by atoms with Gasteiger partial charge in [0.2, 0.25) is 0 Å². The summed E-state index contributed by atoms with van der Waals surface area (Å²) in [4.78, 5) is 7.10. The Balaban J connectivity index is 2.19. The third-order valence-corrected chi connectivity index (χ3v) is 4.27. The van der Waals surface area contributed by atoms with E-state index in [1.54, 1.807) is 0 Å². The summed E-state index contributed by atoms with van der Waals surface area (Å²) in [6, 6.07) is 8.46. The molecule has 3 rings (SSSR count). The van der Waals surface area contributed by atoms with E-state index in [-0.39, 0.29) is 0 Å². The number of hydrogen-bond acceptors (Lipinski definition) is 3. The predicted octanol–water partition coefficient (Wildman–Crippen LogP) is 3.71. The van der Waals surface area contributed by atoms with E-state index >= 15 is 0 Å². The Kier molecular flexibility index (Phi) is 3.31. The normalized spacial score (nSPS) is 15.3. The first-order valence-electron chi connectivity index (χ1n) is 7.26. The molecule has 1 aliphatic heterocycles. The van der Waals surface area contributed by atoms with Crippen LogP contribution in [0.1, 0.15) is 36.0 Å². The molecule has 102 valence electrons. The minimum Gasteiger partial charge on any atom is -0.356 e. The van der Waals surface area contributed by atoms with Crippen LogP contribution in [0, 0.1) is 25.2 Å². The maximum atomic E-state index is 9.42. The van der Waals surface area contributed by atoms with Crippen LogP contribution in [-0.4, -0.2) is 18.1 Å². The molecule has 0 N–H and O–H groups in total. The molecule has 0 saturated carbocycles. The van der Waals surface area contributed by atoms with Gasteiger partial charge in [-0.25, -0.2) is 4.98 Å². The molecule has 3 heteroatoms. The topological polar surface area (TPSA) is 39.9 Å². The molecule has 0 radical (unpaired) electrons. The molecule has 0 bridgehead atoms. The van der Waals surface area contributed by atoms with Gasteiger partial charge in [-0.1, -0.05) is 12.1 Å². The van der Waals surface area contributed by atoms with Crippen LogP contribution < -0.4 is 4.90 Å². The van der Waals surface area contributed by atoms with Gasteiger partial charge < -0.3 is 4.90 Å². The second kappa shape index (κ2) is 5.13. The standard InChI is InChI=1S/C17H19N3/c1-12-6-7-14-10-15(11-18)17(19-16(14)13(12)2)20-8-4-3-5-9-20/h6-7,10H,3-5,8-9H2,1-2H3. The molecular weight excluding hydrogens is 246 g/mol. The van der Waals surface area contributed by atoms with Gasteiger partial charge in [0, 0.05) is 18.5 Å². The van der Waals surface area contributed by atoms with Crippen molar-refractivity contribution in [2.45, 2.75) is 33.1 Å². The highest BCUT2D eigenvalue weighted by atomic mass is 15.2. The molecule has 0 unspecified atom stereocenters. The lowest BCUT2D eigenvalue weighted by atomic mass is 10.0. The molecule has 0 amide bonds. The van der Waals surface area contributed by atoms with Gasteiger partial charge in [-0.3, -0.25) is 0 Å². The van der Waals surface area contributed by atoms with Gasteiger partial charge in [0.15, 0.2) is 0 Å². The number of aryl methyl sites for hydroxylation is 2. The highest BCUT2D eigenvalue weighted by Gasteiger charge is 2.17. The molecule has 3 nitrogen and oxygen atoms in total. The molecule has 0 spiro atoms. The monoisotopic (exact) mass is 265 g/mol. The SMILES string of the molecule is Cc1ccc2cc(C#N)c(N3CCCCC3)nc2c1C. The summed E-state index contributed by atoms with van der Waals surface area (Å²) in [5.41, 5.74) is 4.19. The van der Waals surface area contributed by atoms with Crippen LogP contribution in [0.5, 0.6) is 0 Å². The first kappa shape index (κ1) is 12.9. The zero-order chi connectivity index (χ0) is 14.1. The zero-order valence-electron chi connectivity index (χ0n) is 12.1. The number of pyridine rings is 1. The molecular formula is C17H19N3. The second-order valence-corrected chi connectivity index (χ2v) is 5.60. The molecule has 0 atom stereocenters. The number of rotatable bonds is 1. The number of hydrogen-bond donors (Lipinski definition) is 0. The van der Waals surface area contributed by atoms with Crippen molar-refractivity contribution >= 4 is 16.7 Å². The fraction of sp³-hybridized carbons (Fsp3) is 0.412. The smallest absolute Gasteiger partial charge is 0.147 e. The average molecular weight is 265 g/mol. The molecule has 1 aliphatic rings. The van der Waals surface area contributed by atoms with Gasteiger partial charge in [-0.15, -0.1) is 0 Å². The summed E-state index contributed by atoms with van der Waals surface area (Å²) >= 11 is 0. The Bertz CT molecular complexity index is 691. The number of piperidine rings is 1. The van der Waals surface area contributed by atoms with Crippen molar-refractivity contribution in [2.24, 2.45) is 0 Å². The maximum absolute atomic E-state index is 9.42. The van der Waals surface area contributed by atoms with Crippen LogP contribution in [0.4, 0.5) is 5.82 Å². The van der Waals surface area contributed by atoms with E-state index in [1.807, 2.05) is 6.07 Å². The number of anilines is 1. The van der Waals surface area contributed by atoms with Gasteiger partial charge in [0.1, 0.15) is 11.9 Å². The van der Waals surface area contributed by atoms with Crippen molar-refractivity contribution in [3.63, 3.8) is 0 Å². The number of aromatic nitrogens is 1. The number of nitriles is 1. The Hall–Kier alpha value is -2.08. The van der Waals surface area contributed by atoms with Gasteiger partial charge in [-0.05, 0) is 50.3 Å². The summed E-state index contributed by atoms with van der Waals surface area (Å²) < 4.78 is 0. The van der Waals surface area contributed by atoms with Crippen LogP contribution in [0.2, 0.25) is 0 Å². The summed E-state index contributed by atoms with van der Waals surface area (Å²) in [6.07, 6.45) is 3.67. The van der Waals surface area contributed by atoms with Crippen molar-refractivity contribution in [1.29, 1.82) is 5.26 Å². The maximum Gasteiger partial charge on any atom is 0.147 e. The molecule has 1 saturated heterocycles. The average Bonchev–Trinajstić information content (AvgIpc) is 2.51. The molecule has 2 aromatic rings. The van der Waals surface area contributed by atoms with Crippen LogP contribution in [0.3, 0.4) is 0 Å². The minimum absolute atomic E-state index is 0.697. The van der Waals surface area contributed by atoms with Crippen LogP contribution in [0.15, 0.2) is 18.2 Å². The van der Waals surface area contributed by atoms with Crippen molar-refractivity contribution in [3.05, 3.63) is 34.9 Å². The third-order valence-electron chi connectivity index (χ3n) is 4.27. The van der Waals surface area contributed by atoms with Crippen LogP contribution in [0.25, 0.3) is 10.9 Å². The summed E-state index contributed by atoms with van der Waals surface area (Å²) in [5, 5.41) is 10.5. The van der Waals surface area contributed by atoms with Gasteiger partial charge >= 0.3 is 0 Å². The Labute approximate surface area is 119 Å². The molecule has 1 aromatic carbocycles. The lowest BCUT2D eigenvalue weighted by Crippen LogP contribution is -2.30. The quantitative estimate of drug-likeness (QED) is 0.789. The first-order valence-corrected chi connectivity index (χ1v) is 7.26. The van der Waals surface area contributed by atoms with Gasteiger partial charge in [0.25, 0.3) is 0 Å². The van der Waals surface area contributed by atoms with Crippen LogP contribution >= 0.6 is 0 Å². The summed E-state index contributed by atoms with van der Waals surface area (Å²) in [5.74, 6) is 0.869. The Morgan fingerprint density at radius 3 is 2.60 bits per heavy atom. The molecule has 1 fully saturated rings. The van der Waals surface area contributed by atoms with E-state index < -0.39 is 0 Å². The number of fused-ring (bicyclic) bond motifs is 1. The molecule has 1 aromatic heterocycles.